The molecule has 0 N–H and O–H groups in total. The van der Waals surface area contributed by atoms with Crippen LogP contribution in [0.5, 0.6) is 0 Å². The topological polar surface area (TPSA) is 17.1 Å². The van der Waals surface area contributed by atoms with Crippen LogP contribution in [0.4, 0.5) is 0 Å². The van der Waals surface area contributed by atoms with Crippen LogP contribution in [0, 0.1) is 6.92 Å². The van der Waals surface area contributed by atoms with Gasteiger partial charge < -0.3 is 0 Å². The van der Waals surface area contributed by atoms with Crippen molar-refractivity contribution in [3.8, 4) is 0 Å². The molecular weight excluding hydrogens is 167 g/mol. The van der Waals surface area contributed by atoms with Gasteiger partial charge in [0.1, 0.15) is 0 Å². The third-order valence-electron chi connectivity index (χ3n) is 1.30. The Kier molecular flexibility index (Phi) is 2.42. The van der Waals surface area contributed by atoms with Crippen LogP contribution in [0.3, 0.4) is 0 Å². The number of rotatable bonds is 1. The average Bonchev–Trinajstić information content (AvgIpc) is 1.88. The van der Waals surface area contributed by atoms with E-state index < -0.39 is 7.15 Å². The Hall–Kier alpha value is -0.390. The smallest absolute Gasteiger partial charge is 0.200 e. The van der Waals surface area contributed by atoms with Gasteiger partial charge in [-0.1, -0.05) is 18.2 Å². The molecule has 0 aromatic heterocycles. The summed E-state index contributed by atoms with van der Waals surface area (Å²) in [5.74, 6) is 0. The molecule has 0 aliphatic rings. The first-order valence-corrected chi connectivity index (χ1v) is 5.07. The molecule has 0 amide bonds. The molecule has 53 valence electrons. The van der Waals surface area contributed by atoms with Gasteiger partial charge in [0.2, 0.25) is 7.15 Å². The molecule has 1 aromatic carbocycles. The number of hydrogen-bond acceptors (Lipinski definition) is 1. The molecule has 0 spiro atoms. The second-order valence-corrected chi connectivity index (χ2v) is 3.92. The molecule has 0 aliphatic heterocycles. The minimum absolute atomic E-state index is 0.735. The average molecular weight is 174 g/mol. The highest BCUT2D eigenvalue weighted by molar-refractivity contribution is 7.80. The van der Waals surface area contributed by atoms with Crippen LogP contribution in [0.1, 0.15) is 5.56 Å². The van der Waals surface area contributed by atoms with Crippen molar-refractivity contribution in [2.24, 2.45) is 0 Å². The lowest BCUT2D eigenvalue weighted by Crippen LogP contribution is -1.97. The van der Waals surface area contributed by atoms with Crippen LogP contribution in [0.15, 0.2) is 24.3 Å². The molecule has 3 heteroatoms. The van der Waals surface area contributed by atoms with Gasteiger partial charge in [0.05, 0.1) is 0 Å². The van der Waals surface area contributed by atoms with Crippen molar-refractivity contribution in [3.63, 3.8) is 0 Å². The minimum Gasteiger partial charge on any atom is -0.264 e. The number of hydrogen-bond donors (Lipinski definition) is 0. The summed E-state index contributed by atoms with van der Waals surface area (Å²) in [5, 5.41) is 0.735. The first-order chi connectivity index (χ1) is 4.72. The van der Waals surface area contributed by atoms with Crippen LogP contribution in [-0.2, 0) is 4.57 Å². The van der Waals surface area contributed by atoms with Gasteiger partial charge in [0.15, 0.2) is 0 Å². The molecule has 1 aromatic rings. The van der Waals surface area contributed by atoms with E-state index in [0.717, 1.165) is 10.9 Å². The zero-order chi connectivity index (χ0) is 7.56. The molecule has 0 heterocycles. The van der Waals surface area contributed by atoms with Crippen molar-refractivity contribution in [2.45, 2.75) is 6.92 Å². The van der Waals surface area contributed by atoms with Crippen molar-refractivity contribution < 1.29 is 4.57 Å². The van der Waals surface area contributed by atoms with E-state index in [1.165, 1.54) is 0 Å². The normalized spacial score (nSPS) is 11.2. The first-order valence-electron chi connectivity index (χ1n) is 2.90. The lowest BCUT2D eigenvalue weighted by Gasteiger charge is -1.96. The Morgan fingerprint density at radius 3 is 2.40 bits per heavy atom. The van der Waals surface area contributed by atoms with Gasteiger partial charge in [0, 0.05) is 5.30 Å². The zero-order valence-electron chi connectivity index (χ0n) is 5.54. The van der Waals surface area contributed by atoms with Gasteiger partial charge >= 0.3 is 0 Å². The highest BCUT2D eigenvalue weighted by Gasteiger charge is 2.01. The van der Waals surface area contributed by atoms with Crippen LogP contribution in [0.2, 0.25) is 0 Å². The van der Waals surface area contributed by atoms with E-state index in [1.54, 1.807) is 6.07 Å². The van der Waals surface area contributed by atoms with Crippen LogP contribution >= 0.6 is 18.4 Å². The number of benzene rings is 1. The molecule has 0 bridgehead atoms. The molecule has 0 aliphatic carbocycles. The van der Waals surface area contributed by atoms with Crippen LogP contribution < -0.4 is 5.30 Å². The highest BCUT2D eigenvalue weighted by atomic mass is 35.7. The molecule has 1 radical (unpaired) electrons. The van der Waals surface area contributed by atoms with E-state index in [0.29, 0.717) is 0 Å². The summed E-state index contributed by atoms with van der Waals surface area (Å²) in [4.78, 5) is 0. The van der Waals surface area contributed by atoms with Gasteiger partial charge in [-0.15, -0.1) is 0 Å². The molecule has 0 fully saturated rings. The Labute approximate surface area is 65.6 Å². The summed E-state index contributed by atoms with van der Waals surface area (Å²) < 4.78 is 10.8. The summed E-state index contributed by atoms with van der Waals surface area (Å²) in [5.41, 5.74) is 0.985. The summed E-state index contributed by atoms with van der Waals surface area (Å²) in [7, 11) is -1.69. The summed E-state index contributed by atoms with van der Waals surface area (Å²) >= 11 is 5.42. The highest BCUT2D eigenvalue weighted by Crippen LogP contribution is 2.26. The number of aryl methyl sites for hydroxylation is 1. The fraction of sp³-hybridized carbons (Fsp3) is 0.143. The van der Waals surface area contributed by atoms with Crippen molar-refractivity contribution in [1.82, 2.24) is 0 Å². The van der Waals surface area contributed by atoms with Crippen molar-refractivity contribution in [2.75, 3.05) is 0 Å². The van der Waals surface area contributed by atoms with Gasteiger partial charge in [0.25, 0.3) is 0 Å². The van der Waals surface area contributed by atoms with Gasteiger partial charge in [-0.2, -0.15) is 0 Å². The van der Waals surface area contributed by atoms with E-state index in [1.807, 2.05) is 25.1 Å². The van der Waals surface area contributed by atoms with E-state index >= 15 is 0 Å². The van der Waals surface area contributed by atoms with Gasteiger partial charge in [-0.05, 0) is 29.8 Å². The third-order valence-corrected chi connectivity index (χ3v) is 2.73. The second-order valence-electron chi connectivity index (χ2n) is 2.03. The SMILES string of the molecule is Cc1ccccc1[P](=O)Cl. The lowest BCUT2D eigenvalue weighted by atomic mass is 10.2. The van der Waals surface area contributed by atoms with Crippen LogP contribution in [0.25, 0.3) is 0 Å². The molecule has 1 atom stereocenters. The quantitative estimate of drug-likeness (QED) is 0.597. The molecule has 0 saturated carbocycles. The van der Waals surface area contributed by atoms with Crippen molar-refractivity contribution in [3.05, 3.63) is 29.8 Å². The molecule has 1 unspecified atom stereocenters. The Morgan fingerprint density at radius 1 is 1.40 bits per heavy atom. The first kappa shape index (κ1) is 7.71. The molecule has 10 heavy (non-hydrogen) atoms. The third kappa shape index (κ3) is 1.56. The van der Waals surface area contributed by atoms with Gasteiger partial charge in [-0.25, -0.2) is 0 Å². The molecule has 1 rings (SSSR count). The standard InChI is InChI=1S/C7H7ClOP/c1-6-4-2-3-5-7(6)10(8)9/h2-5H,1H3. The molecular formula is C7H7ClOP. The second kappa shape index (κ2) is 3.14. The van der Waals surface area contributed by atoms with Crippen LogP contribution in [-0.4, -0.2) is 0 Å². The summed E-state index contributed by atoms with van der Waals surface area (Å²) in [6, 6.07) is 7.40. The minimum atomic E-state index is -1.69. The fourth-order valence-corrected chi connectivity index (χ4v) is 1.88. The summed E-state index contributed by atoms with van der Waals surface area (Å²) in [6.45, 7) is 1.89. The molecule has 0 saturated heterocycles. The lowest BCUT2D eigenvalue weighted by molar-refractivity contribution is 0.600. The maximum Gasteiger partial charge on any atom is 0.200 e. The molecule has 1 nitrogen and oxygen atoms in total. The Balaban J connectivity index is 3.15. The maximum absolute atomic E-state index is 10.8. The van der Waals surface area contributed by atoms with E-state index in [9.17, 15) is 4.57 Å². The van der Waals surface area contributed by atoms with E-state index in [-0.39, 0.29) is 0 Å². The largest absolute Gasteiger partial charge is 0.264 e. The predicted molar refractivity (Wildman–Crippen MR) is 44.3 cm³/mol. The predicted octanol–water partition coefficient (Wildman–Crippen LogP) is 2.60. The van der Waals surface area contributed by atoms with Crippen molar-refractivity contribution in [1.29, 1.82) is 0 Å². The maximum atomic E-state index is 10.8. The van der Waals surface area contributed by atoms with E-state index in [4.69, 9.17) is 11.2 Å². The Bertz CT molecular complexity index is 260. The zero-order valence-corrected chi connectivity index (χ0v) is 7.19. The van der Waals surface area contributed by atoms with E-state index in [2.05, 4.69) is 0 Å². The monoisotopic (exact) mass is 173 g/mol. The van der Waals surface area contributed by atoms with Crippen molar-refractivity contribution >= 4 is 23.7 Å². The fourth-order valence-electron chi connectivity index (χ4n) is 0.761. The van der Waals surface area contributed by atoms with Gasteiger partial charge in [-0.3, -0.25) is 4.57 Å². The number of halogens is 1. The summed E-state index contributed by atoms with van der Waals surface area (Å²) in [6.07, 6.45) is 0. The Morgan fingerprint density at radius 2 is 2.00 bits per heavy atom.